The number of carboxylic acids is 1. The minimum atomic E-state index is -1.70. The van der Waals surface area contributed by atoms with Crippen molar-refractivity contribution in [3.63, 3.8) is 0 Å². The molecule has 1 unspecified atom stereocenters. The minimum absolute atomic E-state index is 0.354. The molecule has 1 N–H and O–H groups in total. The van der Waals surface area contributed by atoms with Crippen LogP contribution in [0.3, 0.4) is 0 Å². The minimum Gasteiger partial charge on any atom is -0.481 e. The number of alkyl halides is 1. The third-order valence-electron chi connectivity index (χ3n) is 2.46. The van der Waals surface area contributed by atoms with Crippen LogP contribution in [-0.2, 0) is 4.79 Å². The molecule has 2 nitrogen and oxygen atoms in total. The summed E-state index contributed by atoms with van der Waals surface area (Å²) < 4.78 is 26.8. The molecule has 0 radical (unpaired) electrons. The second-order valence-corrected chi connectivity index (χ2v) is 4.27. The van der Waals surface area contributed by atoms with Gasteiger partial charge in [0.1, 0.15) is 11.5 Å². The van der Waals surface area contributed by atoms with Crippen molar-refractivity contribution in [3.05, 3.63) is 35.6 Å². The quantitative estimate of drug-likeness (QED) is 0.859. The number of aliphatic carboxylic acids is 1. The second kappa shape index (κ2) is 4.60. The first-order chi connectivity index (χ1) is 7.30. The van der Waals surface area contributed by atoms with Crippen LogP contribution in [0.1, 0.15) is 31.7 Å². The summed E-state index contributed by atoms with van der Waals surface area (Å²) in [5.74, 6) is -2.43. The van der Waals surface area contributed by atoms with E-state index in [1.54, 1.807) is 0 Å². The maximum Gasteiger partial charge on any atom is 0.304 e. The van der Waals surface area contributed by atoms with Gasteiger partial charge in [-0.3, -0.25) is 4.79 Å². The third-order valence-corrected chi connectivity index (χ3v) is 2.46. The summed E-state index contributed by atoms with van der Waals surface area (Å²) >= 11 is 0. The molecule has 1 rings (SSSR count). The van der Waals surface area contributed by atoms with E-state index in [0.29, 0.717) is 5.56 Å². The first-order valence-electron chi connectivity index (χ1n) is 4.97. The van der Waals surface area contributed by atoms with Gasteiger partial charge in [-0.05, 0) is 31.5 Å². The number of hydrogen-bond donors (Lipinski definition) is 1. The molecule has 4 heteroatoms. The van der Waals surface area contributed by atoms with Gasteiger partial charge in [0.15, 0.2) is 0 Å². The molecule has 1 aromatic rings. The van der Waals surface area contributed by atoms with Crippen LogP contribution in [0.15, 0.2) is 24.3 Å². The molecule has 0 spiro atoms. The molecule has 0 heterocycles. The standard InChI is InChI=1S/C12H14F2O2/c1-12(2,14)10(7-11(15)16)8-4-3-5-9(13)6-8/h3-6,10H,7H2,1-2H3,(H,15,16). The van der Waals surface area contributed by atoms with Crippen molar-refractivity contribution in [3.8, 4) is 0 Å². The number of carbonyl (C=O) groups is 1. The highest BCUT2D eigenvalue weighted by atomic mass is 19.1. The normalized spacial score (nSPS) is 13.5. The predicted molar refractivity (Wildman–Crippen MR) is 56.6 cm³/mol. The number of carboxylic acid groups (broad SMARTS) is 1. The molecule has 0 saturated heterocycles. The molecule has 0 aliphatic carbocycles. The Morgan fingerprint density at radius 1 is 1.50 bits per heavy atom. The van der Waals surface area contributed by atoms with E-state index in [-0.39, 0.29) is 6.42 Å². The molecule has 16 heavy (non-hydrogen) atoms. The topological polar surface area (TPSA) is 37.3 Å². The first kappa shape index (κ1) is 12.6. The summed E-state index contributed by atoms with van der Waals surface area (Å²) in [4.78, 5) is 10.7. The van der Waals surface area contributed by atoms with Crippen molar-refractivity contribution in [2.24, 2.45) is 0 Å². The fourth-order valence-electron chi connectivity index (χ4n) is 1.65. The van der Waals surface area contributed by atoms with Crippen molar-refractivity contribution < 1.29 is 18.7 Å². The van der Waals surface area contributed by atoms with Gasteiger partial charge in [-0.15, -0.1) is 0 Å². The van der Waals surface area contributed by atoms with Crippen LogP contribution < -0.4 is 0 Å². The molecule has 0 fully saturated rings. The van der Waals surface area contributed by atoms with E-state index >= 15 is 0 Å². The van der Waals surface area contributed by atoms with Crippen molar-refractivity contribution in [2.45, 2.75) is 31.9 Å². The maximum absolute atomic E-state index is 13.8. The molecule has 0 amide bonds. The molecule has 0 aromatic heterocycles. The Hall–Kier alpha value is -1.45. The Kier molecular flexibility index (Phi) is 3.62. The Bertz CT molecular complexity index is 383. The zero-order valence-corrected chi connectivity index (χ0v) is 9.21. The van der Waals surface area contributed by atoms with Gasteiger partial charge in [-0.1, -0.05) is 12.1 Å². The average Bonchev–Trinajstić information content (AvgIpc) is 2.12. The highest BCUT2D eigenvalue weighted by Crippen LogP contribution is 2.34. The van der Waals surface area contributed by atoms with E-state index in [4.69, 9.17) is 5.11 Å². The van der Waals surface area contributed by atoms with Crippen molar-refractivity contribution in [1.29, 1.82) is 0 Å². The number of benzene rings is 1. The Labute approximate surface area is 92.9 Å². The SMILES string of the molecule is CC(C)(F)C(CC(=O)O)c1cccc(F)c1. The van der Waals surface area contributed by atoms with Crippen LogP contribution in [0.25, 0.3) is 0 Å². The molecule has 0 saturated carbocycles. The molecule has 0 bridgehead atoms. The van der Waals surface area contributed by atoms with Crippen molar-refractivity contribution in [2.75, 3.05) is 0 Å². The van der Waals surface area contributed by atoms with Gasteiger partial charge in [-0.2, -0.15) is 0 Å². The Morgan fingerprint density at radius 3 is 2.56 bits per heavy atom. The third kappa shape index (κ3) is 3.29. The molecule has 1 atom stereocenters. The summed E-state index contributed by atoms with van der Waals surface area (Å²) in [6.07, 6.45) is -0.354. The number of hydrogen-bond acceptors (Lipinski definition) is 1. The summed E-state index contributed by atoms with van der Waals surface area (Å²) in [6.45, 7) is 2.59. The zero-order valence-electron chi connectivity index (χ0n) is 9.21. The van der Waals surface area contributed by atoms with Crippen LogP contribution in [0.4, 0.5) is 8.78 Å². The summed E-state index contributed by atoms with van der Waals surface area (Å²) in [6, 6.07) is 5.41. The summed E-state index contributed by atoms with van der Waals surface area (Å²) in [5, 5.41) is 8.72. The Balaban J connectivity index is 3.06. The second-order valence-electron chi connectivity index (χ2n) is 4.27. The van der Waals surface area contributed by atoms with Gasteiger partial charge < -0.3 is 5.11 Å². The lowest BCUT2D eigenvalue weighted by Gasteiger charge is -2.26. The molecular weight excluding hydrogens is 214 g/mol. The highest BCUT2D eigenvalue weighted by Gasteiger charge is 2.32. The van der Waals surface area contributed by atoms with Crippen LogP contribution in [0.5, 0.6) is 0 Å². The van der Waals surface area contributed by atoms with Crippen molar-refractivity contribution in [1.82, 2.24) is 0 Å². The van der Waals surface area contributed by atoms with Gasteiger partial charge in [0.2, 0.25) is 0 Å². The maximum atomic E-state index is 13.8. The van der Waals surface area contributed by atoms with Crippen LogP contribution in [0, 0.1) is 5.82 Å². The fraction of sp³-hybridized carbons (Fsp3) is 0.417. The molecule has 0 aliphatic heterocycles. The van der Waals surface area contributed by atoms with Gasteiger partial charge in [0.25, 0.3) is 0 Å². The molecule has 1 aromatic carbocycles. The number of halogens is 2. The van der Waals surface area contributed by atoms with E-state index < -0.39 is 23.4 Å². The lowest BCUT2D eigenvalue weighted by atomic mass is 9.83. The fourth-order valence-corrected chi connectivity index (χ4v) is 1.65. The molecular formula is C12H14F2O2. The largest absolute Gasteiger partial charge is 0.481 e. The monoisotopic (exact) mass is 228 g/mol. The van der Waals surface area contributed by atoms with Crippen molar-refractivity contribution >= 4 is 5.97 Å². The highest BCUT2D eigenvalue weighted by molar-refractivity contribution is 5.68. The van der Waals surface area contributed by atoms with Gasteiger partial charge in [0, 0.05) is 5.92 Å². The van der Waals surface area contributed by atoms with Crippen LogP contribution in [-0.4, -0.2) is 16.7 Å². The van der Waals surface area contributed by atoms with Crippen LogP contribution in [0.2, 0.25) is 0 Å². The predicted octanol–water partition coefficient (Wildman–Crippen LogP) is 3.13. The van der Waals surface area contributed by atoms with E-state index in [1.165, 1.54) is 38.1 Å². The van der Waals surface area contributed by atoms with E-state index in [9.17, 15) is 13.6 Å². The van der Waals surface area contributed by atoms with E-state index in [1.807, 2.05) is 0 Å². The van der Waals surface area contributed by atoms with Crippen LogP contribution >= 0.6 is 0 Å². The van der Waals surface area contributed by atoms with E-state index in [2.05, 4.69) is 0 Å². The average molecular weight is 228 g/mol. The lowest BCUT2D eigenvalue weighted by molar-refractivity contribution is -0.138. The van der Waals surface area contributed by atoms with Gasteiger partial charge in [0.05, 0.1) is 6.42 Å². The van der Waals surface area contributed by atoms with Gasteiger partial charge >= 0.3 is 5.97 Å². The Morgan fingerprint density at radius 2 is 2.12 bits per heavy atom. The smallest absolute Gasteiger partial charge is 0.304 e. The van der Waals surface area contributed by atoms with E-state index in [0.717, 1.165) is 0 Å². The first-order valence-corrected chi connectivity index (χ1v) is 4.97. The molecule has 88 valence electrons. The summed E-state index contributed by atoms with van der Waals surface area (Å²) in [5.41, 5.74) is -1.33. The molecule has 0 aliphatic rings. The lowest BCUT2D eigenvalue weighted by Crippen LogP contribution is -2.26. The summed E-state index contributed by atoms with van der Waals surface area (Å²) in [7, 11) is 0. The number of rotatable bonds is 4. The van der Waals surface area contributed by atoms with Gasteiger partial charge in [-0.25, -0.2) is 8.78 Å². The zero-order chi connectivity index (χ0) is 12.3.